The SMILES string of the molecule is CCC(c1cc(F)ccc1OC)C(C)(C(O)Nc1cccc2nc(C(N)=O)ccc12)C(F)(F)F. The number of anilines is 1. The molecule has 182 valence electrons. The Kier molecular flexibility index (Phi) is 7.02. The van der Waals surface area contributed by atoms with Crippen LogP contribution in [-0.4, -0.2) is 35.5 Å². The molecule has 1 aromatic heterocycles. The van der Waals surface area contributed by atoms with Crippen LogP contribution >= 0.6 is 0 Å². The number of pyridine rings is 1. The van der Waals surface area contributed by atoms with Gasteiger partial charge in [-0.1, -0.05) is 13.0 Å². The van der Waals surface area contributed by atoms with Crippen LogP contribution in [0.15, 0.2) is 48.5 Å². The van der Waals surface area contributed by atoms with Crippen molar-refractivity contribution in [1.29, 1.82) is 0 Å². The quantitative estimate of drug-likeness (QED) is 0.313. The van der Waals surface area contributed by atoms with Crippen molar-refractivity contribution < 1.29 is 32.2 Å². The van der Waals surface area contributed by atoms with Crippen molar-refractivity contribution in [1.82, 2.24) is 4.98 Å². The molecule has 0 saturated heterocycles. The Morgan fingerprint density at radius 3 is 2.50 bits per heavy atom. The first-order chi connectivity index (χ1) is 15.9. The van der Waals surface area contributed by atoms with E-state index in [-0.39, 0.29) is 29.1 Å². The van der Waals surface area contributed by atoms with Gasteiger partial charge in [0, 0.05) is 22.6 Å². The molecule has 3 unspecified atom stereocenters. The molecule has 0 saturated carbocycles. The molecule has 0 aliphatic rings. The Morgan fingerprint density at radius 2 is 1.91 bits per heavy atom. The maximum atomic E-state index is 14.6. The molecule has 3 rings (SSSR count). The lowest BCUT2D eigenvalue weighted by Gasteiger charge is -2.43. The van der Waals surface area contributed by atoms with Crippen molar-refractivity contribution in [3.63, 3.8) is 0 Å². The van der Waals surface area contributed by atoms with Crippen LogP contribution in [0.1, 0.15) is 42.2 Å². The number of hydrogen-bond acceptors (Lipinski definition) is 5. The number of alkyl halides is 3. The highest BCUT2D eigenvalue weighted by atomic mass is 19.4. The number of amides is 1. The normalized spacial score (nSPS) is 15.4. The van der Waals surface area contributed by atoms with E-state index in [0.717, 1.165) is 19.1 Å². The van der Waals surface area contributed by atoms with E-state index in [1.807, 2.05) is 0 Å². The molecule has 2 aromatic carbocycles. The molecule has 0 bridgehead atoms. The number of carbonyl (C=O) groups is 1. The third-order valence-electron chi connectivity index (χ3n) is 6.15. The van der Waals surface area contributed by atoms with E-state index < -0.39 is 35.5 Å². The number of benzene rings is 2. The summed E-state index contributed by atoms with van der Waals surface area (Å²) < 4.78 is 62.9. The number of carbonyl (C=O) groups excluding carboxylic acids is 1. The minimum absolute atomic E-state index is 0.00337. The number of aliphatic hydroxyl groups is 1. The summed E-state index contributed by atoms with van der Waals surface area (Å²) in [6, 6.07) is 10.7. The van der Waals surface area contributed by atoms with Gasteiger partial charge in [0.15, 0.2) is 0 Å². The molecule has 0 aliphatic heterocycles. The van der Waals surface area contributed by atoms with E-state index in [1.165, 1.54) is 44.4 Å². The lowest BCUT2D eigenvalue weighted by molar-refractivity contribution is -0.253. The van der Waals surface area contributed by atoms with Gasteiger partial charge >= 0.3 is 6.18 Å². The highest BCUT2D eigenvalue weighted by Gasteiger charge is 2.60. The van der Waals surface area contributed by atoms with Crippen molar-refractivity contribution in [2.24, 2.45) is 11.1 Å². The van der Waals surface area contributed by atoms with Gasteiger partial charge in [-0.3, -0.25) is 4.79 Å². The Morgan fingerprint density at radius 1 is 1.21 bits per heavy atom. The predicted octanol–water partition coefficient (Wildman–Crippen LogP) is 4.97. The molecule has 0 spiro atoms. The molecule has 0 fully saturated rings. The Bertz CT molecular complexity index is 1200. The highest BCUT2D eigenvalue weighted by Crippen LogP contribution is 2.54. The standard InChI is InChI=1S/C24H25F4N3O3/c1-4-16(15-12-13(25)8-11-20(15)34-3)23(2,24(26,27)28)22(33)31-18-7-5-6-17-14(18)9-10-19(30-17)21(29)32/h5-12,16,22,31,33H,4H2,1-3H3,(H2,29,32). The van der Waals surface area contributed by atoms with Crippen LogP contribution in [0.2, 0.25) is 0 Å². The number of rotatable bonds is 8. The molecule has 3 atom stereocenters. The summed E-state index contributed by atoms with van der Waals surface area (Å²) in [6.45, 7) is 2.41. The monoisotopic (exact) mass is 479 g/mol. The number of nitrogens with two attached hydrogens (primary N) is 1. The van der Waals surface area contributed by atoms with Crippen molar-refractivity contribution in [2.45, 2.75) is 38.6 Å². The summed E-state index contributed by atoms with van der Waals surface area (Å²) >= 11 is 0. The number of methoxy groups -OCH3 is 1. The van der Waals surface area contributed by atoms with Gasteiger partial charge in [-0.05, 0) is 55.8 Å². The van der Waals surface area contributed by atoms with E-state index in [9.17, 15) is 27.5 Å². The second-order valence-corrected chi connectivity index (χ2v) is 8.11. The van der Waals surface area contributed by atoms with Gasteiger partial charge in [-0.25, -0.2) is 9.37 Å². The number of fused-ring (bicyclic) bond motifs is 1. The minimum Gasteiger partial charge on any atom is -0.496 e. The van der Waals surface area contributed by atoms with Gasteiger partial charge < -0.3 is 20.9 Å². The first-order valence-corrected chi connectivity index (χ1v) is 10.5. The van der Waals surface area contributed by atoms with Crippen molar-refractivity contribution in [3.8, 4) is 5.75 Å². The van der Waals surface area contributed by atoms with Gasteiger partial charge in [-0.2, -0.15) is 13.2 Å². The highest BCUT2D eigenvalue weighted by molar-refractivity contribution is 5.97. The van der Waals surface area contributed by atoms with E-state index >= 15 is 0 Å². The fourth-order valence-electron chi connectivity index (χ4n) is 4.20. The minimum atomic E-state index is -4.89. The van der Waals surface area contributed by atoms with E-state index in [0.29, 0.717) is 10.9 Å². The maximum absolute atomic E-state index is 14.6. The third-order valence-corrected chi connectivity index (χ3v) is 6.15. The first kappa shape index (κ1) is 25.2. The largest absolute Gasteiger partial charge is 0.496 e. The predicted molar refractivity (Wildman–Crippen MR) is 120 cm³/mol. The van der Waals surface area contributed by atoms with Crippen LogP contribution in [0.25, 0.3) is 10.9 Å². The van der Waals surface area contributed by atoms with Crippen LogP contribution in [-0.2, 0) is 0 Å². The summed E-state index contributed by atoms with van der Waals surface area (Å²) in [4.78, 5) is 15.5. The maximum Gasteiger partial charge on any atom is 0.399 e. The van der Waals surface area contributed by atoms with Gasteiger partial charge in [-0.15, -0.1) is 0 Å². The average Bonchev–Trinajstić information content (AvgIpc) is 2.78. The fraction of sp³-hybridized carbons (Fsp3) is 0.333. The number of aliphatic hydroxyl groups excluding tert-OH is 1. The Labute approximate surface area is 193 Å². The van der Waals surface area contributed by atoms with Gasteiger partial charge in [0.05, 0.1) is 12.6 Å². The number of primary amides is 1. The molecule has 3 aromatic rings. The number of hydrogen-bond donors (Lipinski definition) is 3. The summed E-state index contributed by atoms with van der Waals surface area (Å²) in [5.74, 6) is -2.73. The number of nitrogens with zero attached hydrogens (tertiary/aromatic N) is 1. The molecule has 1 heterocycles. The lowest BCUT2D eigenvalue weighted by Crippen LogP contribution is -2.52. The smallest absolute Gasteiger partial charge is 0.399 e. The van der Waals surface area contributed by atoms with Crippen LogP contribution in [0, 0.1) is 11.2 Å². The number of nitrogens with one attached hydrogen (secondary N) is 1. The molecular formula is C24H25F4N3O3. The lowest BCUT2D eigenvalue weighted by atomic mass is 9.69. The second-order valence-electron chi connectivity index (χ2n) is 8.11. The van der Waals surface area contributed by atoms with Crippen LogP contribution in [0.5, 0.6) is 5.75 Å². The van der Waals surface area contributed by atoms with Gasteiger partial charge in [0.25, 0.3) is 5.91 Å². The summed E-state index contributed by atoms with van der Waals surface area (Å²) in [7, 11) is 1.28. The summed E-state index contributed by atoms with van der Waals surface area (Å²) in [6.07, 6.45) is -7.08. The third kappa shape index (κ3) is 4.50. The average molecular weight is 479 g/mol. The zero-order valence-electron chi connectivity index (χ0n) is 18.8. The molecule has 6 nitrogen and oxygen atoms in total. The molecular weight excluding hydrogens is 454 g/mol. The van der Waals surface area contributed by atoms with Crippen LogP contribution < -0.4 is 15.8 Å². The topological polar surface area (TPSA) is 97.5 Å². The Balaban J connectivity index is 2.10. The molecule has 1 amide bonds. The van der Waals surface area contributed by atoms with E-state index in [2.05, 4.69) is 10.3 Å². The summed E-state index contributed by atoms with van der Waals surface area (Å²) in [5.41, 5.74) is 2.97. The van der Waals surface area contributed by atoms with Crippen molar-refractivity contribution >= 4 is 22.5 Å². The second kappa shape index (κ2) is 9.46. The van der Waals surface area contributed by atoms with Crippen LogP contribution in [0.4, 0.5) is 23.2 Å². The van der Waals surface area contributed by atoms with E-state index in [1.54, 1.807) is 6.07 Å². The zero-order chi connectivity index (χ0) is 25.3. The molecule has 34 heavy (non-hydrogen) atoms. The number of ether oxygens (including phenoxy) is 1. The summed E-state index contributed by atoms with van der Waals surface area (Å²) in [5, 5.41) is 13.9. The molecule has 0 aliphatic carbocycles. The van der Waals surface area contributed by atoms with E-state index in [4.69, 9.17) is 10.5 Å². The van der Waals surface area contributed by atoms with Crippen LogP contribution in [0.3, 0.4) is 0 Å². The van der Waals surface area contributed by atoms with Crippen molar-refractivity contribution in [2.75, 3.05) is 12.4 Å². The fourth-order valence-corrected chi connectivity index (χ4v) is 4.20. The number of aromatic nitrogens is 1. The van der Waals surface area contributed by atoms with Gasteiger partial charge in [0.2, 0.25) is 0 Å². The zero-order valence-corrected chi connectivity index (χ0v) is 18.8. The molecule has 0 radical (unpaired) electrons. The molecule has 10 heteroatoms. The number of halogens is 4. The van der Waals surface area contributed by atoms with Crippen molar-refractivity contribution in [3.05, 3.63) is 65.6 Å². The Hall–Kier alpha value is -3.40. The first-order valence-electron chi connectivity index (χ1n) is 10.5. The van der Waals surface area contributed by atoms with Gasteiger partial charge in [0.1, 0.15) is 28.9 Å². The molecule has 4 N–H and O–H groups in total.